The Kier molecular flexibility index (Phi) is 10.2. The van der Waals surface area contributed by atoms with Crippen LogP contribution in [-0.4, -0.2) is 31.5 Å². The van der Waals surface area contributed by atoms with Crippen molar-refractivity contribution < 1.29 is 9.18 Å². The van der Waals surface area contributed by atoms with Gasteiger partial charge in [0, 0.05) is 19.6 Å². The third-order valence-electron chi connectivity index (χ3n) is 3.63. The maximum atomic E-state index is 13.4. The van der Waals surface area contributed by atoms with Crippen LogP contribution in [0.25, 0.3) is 0 Å². The van der Waals surface area contributed by atoms with Crippen molar-refractivity contribution in [2.45, 2.75) is 45.4 Å². The molecule has 0 bridgehead atoms. The Morgan fingerprint density at radius 3 is 2.50 bits per heavy atom. The highest BCUT2D eigenvalue weighted by molar-refractivity contribution is 5.94. The van der Waals surface area contributed by atoms with Crippen molar-refractivity contribution in [2.75, 3.05) is 19.6 Å². The van der Waals surface area contributed by atoms with Gasteiger partial charge in [0.05, 0.1) is 5.56 Å². The van der Waals surface area contributed by atoms with Gasteiger partial charge in [-0.3, -0.25) is 9.79 Å². The van der Waals surface area contributed by atoms with Crippen molar-refractivity contribution in [3.05, 3.63) is 35.6 Å². The fraction of sp³-hybridized carbons (Fsp3) is 0.556. The molecule has 1 aromatic rings. The molecule has 0 aliphatic rings. The predicted molar refractivity (Wildman–Crippen MR) is 96.6 cm³/mol. The molecule has 24 heavy (non-hydrogen) atoms. The van der Waals surface area contributed by atoms with Crippen LogP contribution in [0.5, 0.6) is 0 Å². The summed E-state index contributed by atoms with van der Waals surface area (Å²) in [5.74, 6) is -0.579. The van der Waals surface area contributed by atoms with Crippen molar-refractivity contribution in [1.29, 1.82) is 0 Å². The van der Waals surface area contributed by atoms with Gasteiger partial charge in [0.25, 0.3) is 5.91 Å². The van der Waals surface area contributed by atoms with E-state index in [9.17, 15) is 9.18 Å². The van der Waals surface area contributed by atoms with Crippen molar-refractivity contribution in [1.82, 2.24) is 10.6 Å². The first-order valence-corrected chi connectivity index (χ1v) is 8.71. The average Bonchev–Trinajstić information content (AvgIpc) is 2.58. The van der Waals surface area contributed by atoms with Crippen LogP contribution in [0.15, 0.2) is 29.3 Å². The molecular weight excluding hydrogens is 307 g/mol. The number of nitrogens with one attached hydrogen (secondary N) is 2. The van der Waals surface area contributed by atoms with Gasteiger partial charge >= 0.3 is 0 Å². The predicted octanol–water partition coefficient (Wildman–Crippen LogP) is 2.82. The van der Waals surface area contributed by atoms with Crippen molar-refractivity contribution >= 4 is 11.9 Å². The van der Waals surface area contributed by atoms with E-state index in [4.69, 9.17) is 5.73 Å². The van der Waals surface area contributed by atoms with Crippen LogP contribution in [-0.2, 0) is 0 Å². The summed E-state index contributed by atoms with van der Waals surface area (Å²) < 4.78 is 13.4. The van der Waals surface area contributed by atoms with E-state index in [-0.39, 0.29) is 5.56 Å². The van der Waals surface area contributed by atoms with E-state index in [1.807, 2.05) is 0 Å². The van der Waals surface area contributed by atoms with Gasteiger partial charge in [-0.15, -0.1) is 0 Å². The number of hydrogen-bond donors (Lipinski definition) is 3. The summed E-state index contributed by atoms with van der Waals surface area (Å²) in [4.78, 5) is 16.0. The Bertz CT molecular complexity index is 519. The number of carbonyl (C=O) groups excluding carboxylic acids is 1. The van der Waals surface area contributed by atoms with Crippen LogP contribution in [0.1, 0.15) is 55.8 Å². The Morgan fingerprint density at radius 2 is 1.75 bits per heavy atom. The molecule has 0 aromatic heterocycles. The molecule has 0 unspecified atom stereocenters. The van der Waals surface area contributed by atoms with Crippen molar-refractivity contribution in [3.63, 3.8) is 0 Å². The number of benzene rings is 1. The second-order valence-corrected chi connectivity index (χ2v) is 5.70. The number of carbonyl (C=O) groups is 1. The largest absolute Gasteiger partial charge is 0.370 e. The maximum Gasteiger partial charge on any atom is 0.254 e. The topological polar surface area (TPSA) is 79.5 Å². The van der Waals surface area contributed by atoms with E-state index in [0.717, 1.165) is 6.42 Å². The minimum atomic E-state index is -0.525. The van der Waals surface area contributed by atoms with Crippen LogP contribution in [0.2, 0.25) is 0 Å². The number of aliphatic imine (C=N–C) groups is 1. The number of rotatable bonds is 11. The number of amides is 1. The molecule has 0 fully saturated rings. The fourth-order valence-electron chi connectivity index (χ4n) is 2.25. The van der Waals surface area contributed by atoms with E-state index < -0.39 is 11.7 Å². The second kappa shape index (κ2) is 12.3. The number of hydrogen-bond acceptors (Lipinski definition) is 2. The van der Waals surface area contributed by atoms with Gasteiger partial charge in [-0.25, -0.2) is 4.39 Å². The molecule has 1 amide bonds. The molecule has 5 nitrogen and oxygen atoms in total. The lowest BCUT2D eigenvalue weighted by molar-refractivity contribution is 0.0950. The monoisotopic (exact) mass is 336 g/mol. The molecule has 6 heteroatoms. The summed E-state index contributed by atoms with van der Waals surface area (Å²) in [6, 6.07) is 5.90. The van der Waals surface area contributed by atoms with Crippen LogP contribution in [0.3, 0.4) is 0 Å². The quantitative estimate of drug-likeness (QED) is 0.330. The van der Waals surface area contributed by atoms with E-state index >= 15 is 0 Å². The highest BCUT2D eigenvalue weighted by Crippen LogP contribution is 2.05. The normalized spacial score (nSPS) is 11.3. The van der Waals surface area contributed by atoms with Gasteiger partial charge in [0.1, 0.15) is 5.82 Å². The fourth-order valence-corrected chi connectivity index (χ4v) is 2.25. The smallest absolute Gasteiger partial charge is 0.254 e. The van der Waals surface area contributed by atoms with Gasteiger partial charge in [-0.2, -0.15) is 0 Å². The maximum absolute atomic E-state index is 13.4. The molecule has 0 spiro atoms. The Balaban J connectivity index is 2.10. The summed E-state index contributed by atoms with van der Waals surface area (Å²) >= 11 is 0. The molecule has 4 N–H and O–H groups in total. The summed E-state index contributed by atoms with van der Waals surface area (Å²) in [6.07, 6.45) is 7.30. The van der Waals surface area contributed by atoms with E-state index in [2.05, 4.69) is 22.5 Å². The summed E-state index contributed by atoms with van der Waals surface area (Å²) in [5, 5.41) is 5.57. The third kappa shape index (κ3) is 8.50. The molecule has 0 atom stereocenters. The molecule has 0 heterocycles. The van der Waals surface area contributed by atoms with Gasteiger partial charge < -0.3 is 16.4 Å². The lowest BCUT2D eigenvalue weighted by Gasteiger charge is -2.08. The summed E-state index contributed by atoms with van der Waals surface area (Å²) in [5.41, 5.74) is 5.80. The Hall–Kier alpha value is -2.11. The number of nitrogens with zero attached hydrogens (tertiary/aromatic N) is 1. The zero-order chi connectivity index (χ0) is 17.6. The summed E-state index contributed by atoms with van der Waals surface area (Å²) in [7, 11) is 0. The standard InChI is InChI=1S/C18H29FN4O/c1-2-3-4-5-6-9-12-22-18(20)23-14-13-21-17(24)15-10-7-8-11-16(15)19/h7-8,10-11H,2-6,9,12-14H2,1H3,(H,21,24)(H3,20,22,23). The van der Waals surface area contributed by atoms with Gasteiger partial charge in [-0.1, -0.05) is 51.2 Å². The lowest BCUT2D eigenvalue weighted by atomic mass is 10.1. The van der Waals surface area contributed by atoms with Crippen LogP contribution >= 0.6 is 0 Å². The molecule has 0 aliphatic heterocycles. The molecule has 0 radical (unpaired) electrons. The second-order valence-electron chi connectivity index (χ2n) is 5.70. The van der Waals surface area contributed by atoms with Crippen LogP contribution < -0.4 is 16.4 Å². The number of nitrogens with two attached hydrogens (primary N) is 1. The number of halogens is 1. The molecule has 1 rings (SSSR count). The first kappa shape index (κ1) is 19.9. The molecule has 0 saturated heterocycles. The van der Waals surface area contributed by atoms with Crippen LogP contribution in [0, 0.1) is 5.82 Å². The van der Waals surface area contributed by atoms with E-state index in [1.165, 1.54) is 44.2 Å². The molecule has 0 saturated carbocycles. The highest BCUT2D eigenvalue weighted by atomic mass is 19.1. The Labute approximate surface area is 143 Å². The third-order valence-corrected chi connectivity index (χ3v) is 3.63. The minimum Gasteiger partial charge on any atom is -0.370 e. The first-order chi connectivity index (χ1) is 11.6. The molecule has 134 valence electrons. The van der Waals surface area contributed by atoms with Crippen molar-refractivity contribution in [2.24, 2.45) is 10.7 Å². The summed E-state index contributed by atoms with van der Waals surface area (Å²) in [6.45, 7) is 3.72. The lowest BCUT2D eigenvalue weighted by Crippen LogP contribution is -2.38. The zero-order valence-corrected chi connectivity index (χ0v) is 14.5. The van der Waals surface area contributed by atoms with Gasteiger partial charge in [0.15, 0.2) is 5.96 Å². The number of guanidine groups is 1. The average molecular weight is 336 g/mol. The number of unbranched alkanes of at least 4 members (excludes halogenated alkanes) is 5. The van der Waals surface area contributed by atoms with Gasteiger partial charge in [-0.05, 0) is 18.6 Å². The molecular formula is C18H29FN4O. The molecule has 0 aliphatic carbocycles. The highest BCUT2D eigenvalue weighted by Gasteiger charge is 2.09. The van der Waals surface area contributed by atoms with E-state index in [1.54, 1.807) is 12.1 Å². The first-order valence-electron chi connectivity index (χ1n) is 8.71. The SMILES string of the molecule is CCCCCCCCN=C(N)NCCNC(=O)c1ccccc1F. The zero-order valence-electron chi connectivity index (χ0n) is 14.5. The van der Waals surface area contributed by atoms with Gasteiger partial charge in [0.2, 0.25) is 0 Å². The van der Waals surface area contributed by atoms with Crippen LogP contribution in [0.4, 0.5) is 4.39 Å². The minimum absolute atomic E-state index is 0.0437. The van der Waals surface area contributed by atoms with E-state index in [0.29, 0.717) is 25.6 Å². The van der Waals surface area contributed by atoms with Crippen molar-refractivity contribution in [3.8, 4) is 0 Å². The molecule has 1 aromatic carbocycles. The Morgan fingerprint density at radius 1 is 1.08 bits per heavy atom.